The average Bonchev–Trinajstić information content (AvgIpc) is 3.23. The molecule has 0 radical (unpaired) electrons. The van der Waals surface area contributed by atoms with Crippen LogP contribution in [0.4, 0.5) is 10.8 Å². The van der Waals surface area contributed by atoms with Crippen molar-refractivity contribution in [1.82, 2.24) is 10.2 Å². The van der Waals surface area contributed by atoms with Crippen molar-refractivity contribution in [3.05, 3.63) is 29.3 Å². The number of benzene rings is 1. The zero-order valence-corrected chi connectivity index (χ0v) is 15.9. The van der Waals surface area contributed by atoms with Crippen molar-refractivity contribution < 1.29 is 14.3 Å². The lowest BCUT2D eigenvalue weighted by Crippen LogP contribution is -2.28. The van der Waals surface area contributed by atoms with Crippen LogP contribution in [0.25, 0.3) is 0 Å². The third-order valence-corrected chi connectivity index (χ3v) is 5.26. The number of amides is 2. The van der Waals surface area contributed by atoms with Crippen LogP contribution < -0.4 is 15.0 Å². The van der Waals surface area contributed by atoms with Crippen LogP contribution in [0, 0.1) is 5.92 Å². The van der Waals surface area contributed by atoms with Gasteiger partial charge in [-0.2, -0.15) is 0 Å². The maximum Gasteiger partial charge on any atom is 0.231 e. The number of carbonyl (C=O) groups is 2. The summed E-state index contributed by atoms with van der Waals surface area (Å²) in [6.45, 7) is 6.78. The molecule has 3 rings (SSSR count). The molecular formula is C18H22N4O3S. The zero-order chi connectivity index (χ0) is 18.7. The van der Waals surface area contributed by atoms with Crippen LogP contribution >= 0.6 is 11.3 Å². The van der Waals surface area contributed by atoms with E-state index in [1.54, 1.807) is 4.90 Å². The van der Waals surface area contributed by atoms with Crippen molar-refractivity contribution in [3.63, 3.8) is 0 Å². The van der Waals surface area contributed by atoms with Gasteiger partial charge in [-0.3, -0.25) is 9.59 Å². The van der Waals surface area contributed by atoms with E-state index in [1.165, 1.54) is 11.3 Å². The highest BCUT2D eigenvalue weighted by molar-refractivity contribution is 7.15. The van der Waals surface area contributed by atoms with Gasteiger partial charge >= 0.3 is 0 Å². The molecule has 1 aliphatic heterocycles. The van der Waals surface area contributed by atoms with Crippen molar-refractivity contribution in [1.29, 1.82) is 0 Å². The molecule has 1 N–H and O–H groups in total. The van der Waals surface area contributed by atoms with Crippen molar-refractivity contribution in [3.8, 4) is 5.75 Å². The average molecular weight is 374 g/mol. The Morgan fingerprint density at radius 3 is 2.85 bits per heavy atom. The normalized spacial score (nSPS) is 17.0. The van der Waals surface area contributed by atoms with E-state index < -0.39 is 5.92 Å². The molecule has 1 atom stereocenters. The highest BCUT2D eigenvalue weighted by Crippen LogP contribution is 2.33. The Morgan fingerprint density at radius 2 is 2.15 bits per heavy atom. The van der Waals surface area contributed by atoms with Gasteiger partial charge in [0.15, 0.2) is 0 Å². The van der Waals surface area contributed by atoms with Crippen molar-refractivity contribution >= 4 is 34.0 Å². The number of nitrogens with zero attached hydrogens (tertiary/aromatic N) is 3. The van der Waals surface area contributed by atoms with Gasteiger partial charge in [0, 0.05) is 18.9 Å². The Balaban J connectivity index is 1.70. The van der Waals surface area contributed by atoms with Crippen molar-refractivity contribution in [2.75, 3.05) is 23.4 Å². The van der Waals surface area contributed by atoms with Crippen LogP contribution in [0.2, 0.25) is 0 Å². The monoisotopic (exact) mass is 374 g/mol. The molecule has 7 nitrogen and oxygen atoms in total. The molecule has 1 aromatic carbocycles. The lowest BCUT2D eigenvalue weighted by Gasteiger charge is -2.20. The number of anilines is 2. The summed E-state index contributed by atoms with van der Waals surface area (Å²) >= 11 is 1.36. The first-order valence-electron chi connectivity index (χ1n) is 8.66. The standard InChI is InChI=1S/C18H22N4O3S/c1-4-25-14-8-6-5-7-13(14)22-10-12(9-15(22)23)16(24)19-18-21-20-17(26-18)11(2)3/h5-8,11-12H,4,9-10H2,1-3H3,(H,19,21,24)/t12-/m1/s1. The second-order valence-corrected chi connectivity index (χ2v) is 7.40. The Kier molecular flexibility index (Phi) is 5.51. The number of rotatable bonds is 6. The van der Waals surface area contributed by atoms with Crippen molar-refractivity contribution in [2.45, 2.75) is 33.1 Å². The third kappa shape index (κ3) is 3.85. The molecule has 2 amide bonds. The molecule has 1 saturated heterocycles. The lowest BCUT2D eigenvalue weighted by atomic mass is 10.1. The van der Waals surface area contributed by atoms with Crippen LogP contribution in [-0.2, 0) is 9.59 Å². The van der Waals surface area contributed by atoms with Gasteiger partial charge < -0.3 is 15.0 Å². The zero-order valence-electron chi connectivity index (χ0n) is 15.1. The summed E-state index contributed by atoms with van der Waals surface area (Å²) in [5.41, 5.74) is 0.702. The Hall–Kier alpha value is -2.48. The summed E-state index contributed by atoms with van der Waals surface area (Å²) in [4.78, 5) is 26.6. The third-order valence-electron chi connectivity index (χ3n) is 4.12. The van der Waals surface area contributed by atoms with Gasteiger partial charge in [0.05, 0.1) is 18.2 Å². The number of nitrogens with one attached hydrogen (secondary N) is 1. The van der Waals surface area contributed by atoms with Gasteiger partial charge in [-0.1, -0.05) is 37.3 Å². The van der Waals surface area contributed by atoms with E-state index in [0.717, 1.165) is 5.01 Å². The number of carbonyl (C=O) groups excluding carboxylic acids is 2. The predicted molar refractivity (Wildman–Crippen MR) is 101 cm³/mol. The van der Waals surface area contributed by atoms with E-state index >= 15 is 0 Å². The maximum atomic E-state index is 12.5. The number of hydrogen-bond donors (Lipinski definition) is 1. The fourth-order valence-electron chi connectivity index (χ4n) is 2.80. The van der Waals surface area contributed by atoms with Gasteiger partial charge in [0.2, 0.25) is 16.9 Å². The first kappa shape index (κ1) is 18.3. The Labute approximate surface area is 156 Å². The summed E-state index contributed by atoms with van der Waals surface area (Å²) in [6.07, 6.45) is 0.169. The molecule has 1 fully saturated rings. The van der Waals surface area contributed by atoms with Crippen LogP contribution in [0.3, 0.4) is 0 Å². The van der Waals surface area contributed by atoms with Gasteiger partial charge in [-0.15, -0.1) is 10.2 Å². The topological polar surface area (TPSA) is 84.4 Å². The van der Waals surface area contributed by atoms with Crippen LogP contribution in [0.5, 0.6) is 5.75 Å². The van der Waals surface area contributed by atoms with Gasteiger partial charge in [0.25, 0.3) is 0 Å². The number of aromatic nitrogens is 2. The largest absolute Gasteiger partial charge is 0.492 e. The van der Waals surface area contributed by atoms with Crippen LogP contribution in [0.1, 0.15) is 38.1 Å². The molecule has 0 spiro atoms. The predicted octanol–water partition coefficient (Wildman–Crippen LogP) is 3.05. The molecule has 138 valence electrons. The Bertz CT molecular complexity index is 805. The number of para-hydroxylation sites is 2. The summed E-state index contributed by atoms with van der Waals surface area (Å²) in [5.74, 6) is 0.189. The second-order valence-electron chi connectivity index (χ2n) is 6.40. The summed E-state index contributed by atoms with van der Waals surface area (Å²) in [7, 11) is 0. The van der Waals surface area contributed by atoms with Gasteiger partial charge in [0.1, 0.15) is 10.8 Å². The molecule has 1 aromatic heterocycles. The first-order valence-corrected chi connectivity index (χ1v) is 9.47. The maximum absolute atomic E-state index is 12.5. The van der Waals surface area contributed by atoms with E-state index in [-0.39, 0.29) is 24.2 Å². The van der Waals surface area contributed by atoms with E-state index in [1.807, 2.05) is 45.0 Å². The summed E-state index contributed by atoms with van der Waals surface area (Å²) in [5, 5.41) is 12.2. The van der Waals surface area contributed by atoms with Crippen molar-refractivity contribution in [2.24, 2.45) is 5.92 Å². The number of hydrogen-bond acceptors (Lipinski definition) is 6. The van der Waals surface area contributed by atoms with E-state index in [0.29, 0.717) is 29.7 Å². The van der Waals surface area contributed by atoms with Gasteiger partial charge in [-0.25, -0.2) is 0 Å². The van der Waals surface area contributed by atoms with E-state index in [9.17, 15) is 9.59 Å². The quantitative estimate of drug-likeness (QED) is 0.840. The minimum Gasteiger partial charge on any atom is -0.492 e. The molecule has 0 bridgehead atoms. The molecule has 0 saturated carbocycles. The minimum atomic E-state index is -0.427. The summed E-state index contributed by atoms with van der Waals surface area (Å²) in [6, 6.07) is 7.38. The fourth-order valence-corrected chi connectivity index (χ4v) is 3.55. The minimum absolute atomic E-state index is 0.0857. The van der Waals surface area contributed by atoms with Crippen LogP contribution in [-0.4, -0.2) is 35.2 Å². The summed E-state index contributed by atoms with van der Waals surface area (Å²) < 4.78 is 5.60. The molecule has 1 aliphatic rings. The smallest absolute Gasteiger partial charge is 0.231 e. The highest BCUT2D eigenvalue weighted by Gasteiger charge is 2.36. The molecule has 0 aliphatic carbocycles. The van der Waals surface area contributed by atoms with E-state index in [4.69, 9.17) is 4.74 Å². The molecule has 2 aromatic rings. The molecular weight excluding hydrogens is 352 g/mol. The lowest BCUT2D eigenvalue weighted by molar-refractivity contribution is -0.122. The highest BCUT2D eigenvalue weighted by atomic mass is 32.1. The molecule has 26 heavy (non-hydrogen) atoms. The fraction of sp³-hybridized carbons (Fsp3) is 0.444. The van der Waals surface area contributed by atoms with Crippen LogP contribution in [0.15, 0.2) is 24.3 Å². The SMILES string of the molecule is CCOc1ccccc1N1C[C@H](C(=O)Nc2nnc(C(C)C)s2)CC1=O. The van der Waals surface area contributed by atoms with E-state index in [2.05, 4.69) is 15.5 Å². The second kappa shape index (κ2) is 7.82. The molecule has 8 heteroatoms. The molecule has 0 unspecified atom stereocenters. The van der Waals surface area contributed by atoms with Gasteiger partial charge in [-0.05, 0) is 19.1 Å². The first-order chi connectivity index (χ1) is 12.5. The number of ether oxygens (including phenoxy) is 1. The molecule has 2 heterocycles. The Morgan fingerprint density at radius 1 is 1.38 bits per heavy atom.